The quantitative estimate of drug-likeness (QED) is 0.240. The average Bonchev–Trinajstić information content (AvgIpc) is 3.21. The molecule has 0 heterocycles. The lowest BCUT2D eigenvalue weighted by molar-refractivity contribution is 0.775. The van der Waals surface area contributed by atoms with Gasteiger partial charge in [0.05, 0.1) is 5.41 Å². The molecule has 0 unspecified atom stereocenters. The molecule has 0 radical (unpaired) electrons. The van der Waals surface area contributed by atoms with Crippen LogP contribution in [-0.4, -0.2) is 0 Å². The standard InChI is InChI=1S/C34H24/c1-23-20-21-30-31(22-23)34(24-12-4-2-5-13-24,25-14-6-3-7-15-25)33-29-19-11-9-17-27(29)26-16-8-10-18-28(26)32(30)33/h2-22H,1H3. The number of rotatable bonds is 2. The number of benzene rings is 6. The molecule has 0 atom stereocenters. The van der Waals surface area contributed by atoms with Crippen molar-refractivity contribution in [1.29, 1.82) is 0 Å². The number of fused-ring (bicyclic) bond motifs is 8. The average molecular weight is 433 g/mol. The third kappa shape index (κ3) is 2.43. The number of aryl methyl sites for hydroxylation is 1. The SMILES string of the molecule is Cc1ccc2c(c1)C(c1ccccc1)(c1ccccc1)c1c-2c2ccccc2c2ccccc12. The Labute approximate surface area is 200 Å². The lowest BCUT2D eigenvalue weighted by Gasteiger charge is -2.35. The van der Waals surface area contributed by atoms with E-state index in [0.717, 1.165) is 0 Å². The molecule has 0 saturated heterocycles. The molecular weight excluding hydrogens is 408 g/mol. The van der Waals surface area contributed by atoms with E-state index < -0.39 is 0 Å². The van der Waals surface area contributed by atoms with Crippen molar-refractivity contribution >= 4 is 21.5 Å². The van der Waals surface area contributed by atoms with Gasteiger partial charge in [-0.15, -0.1) is 0 Å². The Kier molecular flexibility index (Phi) is 4.07. The summed E-state index contributed by atoms with van der Waals surface area (Å²) in [6.07, 6.45) is 0. The predicted octanol–water partition coefficient (Wildman–Crippen LogP) is 8.66. The minimum absolute atomic E-state index is 0.386. The largest absolute Gasteiger partial charge is 0.0719 e. The first kappa shape index (κ1) is 19.3. The second kappa shape index (κ2) is 7.17. The van der Waals surface area contributed by atoms with Crippen LogP contribution in [0, 0.1) is 6.92 Å². The molecule has 1 aliphatic carbocycles. The zero-order chi connectivity index (χ0) is 22.7. The van der Waals surface area contributed by atoms with Gasteiger partial charge >= 0.3 is 0 Å². The molecular formula is C34H24. The second-order valence-electron chi connectivity index (χ2n) is 9.37. The molecule has 0 saturated carbocycles. The summed E-state index contributed by atoms with van der Waals surface area (Å²) >= 11 is 0. The first-order valence-corrected chi connectivity index (χ1v) is 12.0. The summed E-state index contributed by atoms with van der Waals surface area (Å²) in [5, 5.41) is 5.30. The lowest BCUT2D eigenvalue weighted by Crippen LogP contribution is -2.29. The fraction of sp³-hybridized carbons (Fsp3) is 0.0588. The number of hydrogen-bond acceptors (Lipinski definition) is 0. The van der Waals surface area contributed by atoms with E-state index in [0.29, 0.717) is 0 Å². The third-order valence-corrected chi connectivity index (χ3v) is 7.57. The van der Waals surface area contributed by atoms with Gasteiger partial charge < -0.3 is 0 Å². The smallest absolute Gasteiger partial charge is 0.0622 e. The molecule has 7 rings (SSSR count). The fourth-order valence-electron chi connectivity index (χ4n) is 6.27. The highest BCUT2D eigenvalue weighted by Crippen LogP contribution is 2.60. The Hall–Kier alpha value is -4.16. The maximum absolute atomic E-state index is 2.42. The van der Waals surface area contributed by atoms with Gasteiger partial charge in [-0.25, -0.2) is 0 Å². The zero-order valence-corrected chi connectivity index (χ0v) is 19.1. The summed E-state index contributed by atoms with van der Waals surface area (Å²) in [5.74, 6) is 0. The molecule has 0 aliphatic heterocycles. The van der Waals surface area contributed by atoms with Gasteiger partial charge in [0, 0.05) is 0 Å². The van der Waals surface area contributed by atoms with E-state index in [2.05, 4.69) is 134 Å². The highest BCUT2D eigenvalue weighted by molar-refractivity contribution is 6.19. The maximum atomic E-state index is 2.42. The molecule has 0 N–H and O–H groups in total. The summed E-state index contributed by atoms with van der Waals surface area (Å²) < 4.78 is 0. The van der Waals surface area contributed by atoms with Crippen molar-refractivity contribution in [2.75, 3.05) is 0 Å². The van der Waals surface area contributed by atoms with Gasteiger partial charge in [0.15, 0.2) is 0 Å². The molecule has 0 fully saturated rings. The minimum Gasteiger partial charge on any atom is -0.0622 e. The van der Waals surface area contributed by atoms with Crippen molar-refractivity contribution in [3.05, 3.63) is 155 Å². The first-order valence-electron chi connectivity index (χ1n) is 12.0. The summed E-state index contributed by atoms with van der Waals surface area (Å²) in [7, 11) is 0. The second-order valence-corrected chi connectivity index (χ2v) is 9.37. The van der Waals surface area contributed by atoms with E-state index in [1.54, 1.807) is 0 Å². The van der Waals surface area contributed by atoms with Gasteiger partial charge in [0.1, 0.15) is 0 Å². The van der Waals surface area contributed by atoms with Crippen molar-refractivity contribution < 1.29 is 0 Å². The summed E-state index contributed by atoms with van der Waals surface area (Å²) in [5.41, 5.74) is 9.02. The van der Waals surface area contributed by atoms with Crippen LogP contribution in [0.15, 0.2) is 127 Å². The van der Waals surface area contributed by atoms with Crippen molar-refractivity contribution in [3.63, 3.8) is 0 Å². The Bertz CT molecular complexity index is 1650. The molecule has 0 bridgehead atoms. The Morgan fingerprint density at radius 1 is 0.471 bits per heavy atom. The van der Waals surface area contributed by atoms with Gasteiger partial charge in [0.25, 0.3) is 0 Å². The van der Waals surface area contributed by atoms with E-state index in [4.69, 9.17) is 0 Å². The van der Waals surface area contributed by atoms with E-state index >= 15 is 0 Å². The third-order valence-electron chi connectivity index (χ3n) is 7.57. The monoisotopic (exact) mass is 432 g/mol. The van der Waals surface area contributed by atoms with Gasteiger partial charge in [-0.2, -0.15) is 0 Å². The van der Waals surface area contributed by atoms with Crippen LogP contribution < -0.4 is 0 Å². The lowest BCUT2D eigenvalue weighted by atomic mass is 9.66. The molecule has 0 nitrogen and oxygen atoms in total. The zero-order valence-electron chi connectivity index (χ0n) is 19.1. The molecule has 0 aromatic heterocycles. The molecule has 0 spiro atoms. The van der Waals surface area contributed by atoms with Gasteiger partial charge in [-0.3, -0.25) is 0 Å². The van der Waals surface area contributed by atoms with Crippen molar-refractivity contribution in [3.8, 4) is 11.1 Å². The van der Waals surface area contributed by atoms with Crippen molar-refractivity contribution in [2.24, 2.45) is 0 Å². The van der Waals surface area contributed by atoms with E-state index in [1.165, 1.54) is 60.5 Å². The van der Waals surface area contributed by atoms with Crippen LogP contribution in [0.25, 0.3) is 32.7 Å². The fourth-order valence-corrected chi connectivity index (χ4v) is 6.27. The molecule has 1 aliphatic rings. The molecule has 160 valence electrons. The van der Waals surface area contributed by atoms with Crippen LogP contribution in [0.2, 0.25) is 0 Å². The summed E-state index contributed by atoms with van der Waals surface area (Å²) in [6.45, 7) is 2.21. The van der Waals surface area contributed by atoms with Crippen LogP contribution in [0.1, 0.15) is 27.8 Å². The van der Waals surface area contributed by atoms with Crippen LogP contribution in [0.4, 0.5) is 0 Å². The Morgan fingerprint density at radius 3 is 1.59 bits per heavy atom. The van der Waals surface area contributed by atoms with Crippen LogP contribution in [0.3, 0.4) is 0 Å². The minimum atomic E-state index is -0.386. The number of hydrogen-bond donors (Lipinski definition) is 0. The molecule has 0 amide bonds. The highest BCUT2D eigenvalue weighted by atomic mass is 14.5. The Balaban J connectivity index is 1.82. The van der Waals surface area contributed by atoms with E-state index in [9.17, 15) is 0 Å². The van der Waals surface area contributed by atoms with Crippen LogP contribution in [0.5, 0.6) is 0 Å². The Morgan fingerprint density at radius 2 is 0.971 bits per heavy atom. The van der Waals surface area contributed by atoms with Crippen molar-refractivity contribution in [1.82, 2.24) is 0 Å². The van der Waals surface area contributed by atoms with Crippen molar-refractivity contribution in [2.45, 2.75) is 12.3 Å². The van der Waals surface area contributed by atoms with Crippen LogP contribution in [-0.2, 0) is 5.41 Å². The van der Waals surface area contributed by atoms with E-state index in [-0.39, 0.29) is 5.41 Å². The first-order chi connectivity index (χ1) is 16.8. The van der Waals surface area contributed by atoms with Gasteiger partial charge in [-0.05, 0) is 61.8 Å². The summed E-state index contributed by atoms with van der Waals surface area (Å²) in [6, 6.07) is 47.1. The highest BCUT2D eigenvalue weighted by Gasteiger charge is 2.47. The van der Waals surface area contributed by atoms with Gasteiger partial charge in [0.2, 0.25) is 0 Å². The van der Waals surface area contributed by atoms with Gasteiger partial charge in [-0.1, -0.05) is 133 Å². The topological polar surface area (TPSA) is 0 Å². The molecule has 0 heteroatoms. The summed E-state index contributed by atoms with van der Waals surface area (Å²) in [4.78, 5) is 0. The maximum Gasteiger partial charge on any atom is 0.0719 e. The normalized spacial score (nSPS) is 13.7. The van der Waals surface area contributed by atoms with E-state index in [1.807, 2.05) is 0 Å². The van der Waals surface area contributed by atoms with Crippen LogP contribution >= 0.6 is 0 Å². The molecule has 6 aromatic carbocycles. The molecule has 6 aromatic rings. The molecule has 34 heavy (non-hydrogen) atoms. The predicted molar refractivity (Wildman–Crippen MR) is 143 cm³/mol.